The summed E-state index contributed by atoms with van der Waals surface area (Å²) >= 11 is 0. The fraction of sp³-hybridized carbons (Fsp3) is 0.0227. The van der Waals surface area contributed by atoms with Crippen molar-refractivity contribution < 1.29 is 19.2 Å². The molecule has 5 aromatic carbocycles. The molecule has 8 rings (SSSR count). The fourth-order valence-corrected chi connectivity index (χ4v) is 6.28. The number of carbonyl (C=O) groups is 4. The molecule has 0 aliphatic heterocycles. The Morgan fingerprint density at radius 1 is 0.446 bits per heavy atom. The van der Waals surface area contributed by atoms with E-state index in [9.17, 15) is 14.4 Å². The van der Waals surface area contributed by atoms with E-state index >= 15 is 4.79 Å². The zero-order valence-electron chi connectivity index (χ0n) is 29.9. The van der Waals surface area contributed by atoms with Gasteiger partial charge in [0.15, 0.2) is 11.4 Å². The molecule has 0 spiro atoms. The topological polar surface area (TPSA) is 146 Å². The quantitative estimate of drug-likeness (QED) is 0.131. The molecule has 0 saturated carbocycles. The molecule has 272 valence electrons. The van der Waals surface area contributed by atoms with Crippen molar-refractivity contribution in [1.29, 1.82) is 0 Å². The SMILES string of the molecule is Cc1c(C(=O)c2cn(-c3ccccc3)nc2C(=O)Nc2ccccc2)c(C(=O)c2cn(-c3ccccc3)nc2C(=O)Nc2ccccc2)nn1-c1ccccc1. The number of rotatable bonds is 11. The maximum absolute atomic E-state index is 15.0. The first-order valence-corrected chi connectivity index (χ1v) is 17.6. The average molecular weight is 737 g/mol. The summed E-state index contributed by atoms with van der Waals surface area (Å²) in [6.45, 7) is 1.67. The van der Waals surface area contributed by atoms with Crippen molar-refractivity contribution in [2.45, 2.75) is 6.92 Å². The number of ketones is 2. The van der Waals surface area contributed by atoms with Crippen molar-refractivity contribution in [1.82, 2.24) is 29.3 Å². The summed E-state index contributed by atoms with van der Waals surface area (Å²) < 4.78 is 4.38. The molecule has 0 radical (unpaired) electrons. The van der Waals surface area contributed by atoms with Crippen LogP contribution in [0.5, 0.6) is 0 Å². The van der Waals surface area contributed by atoms with E-state index in [1.165, 1.54) is 26.4 Å². The predicted molar refractivity (Wildman–Crippen MR) is 211 cm³/mol. The summed E-state index contributed by atoms with van der Waals surface area (Å²) in [6.07, 6.45) is 2.92. The molecular weight excluding hydrogens is 705 g/mol. The molecule has 3 aromatic heterocycles. The first-order chi connectivity index (χ1) is 27.4. The smallest absolute Gasteiger partial charge is 0.276 e. The van der Waals surface area contributed by atoms with Crippen LogP contribution >= 0.6 is 0 Å². The summed E-state index contributed by atoms with van der Waals surface area (Å²) in [6, 6.07) is 44.8. The van der Waals surface area contributed by atoms with E-state index < -0.39 is 23.4 Å². The normalized spacial score (nSPS) is 10.9. The minimum absolute atomic E-state index is 0.0610. The standard InChI is InChI=1S/C44H32N8O4/c1-29-37(41(53)35-27-50(32-21-11-4-12-22-32)47-38(35)43(55)45-30-17-7-2-8-18-30)40(49-52(29)34-25-15-6-16-26-34)42(54)36-28-51(33-23-13-5-14-24-33)48-39(36)44(56)46-31-19-9-3-10-20-31/h2-28H,1H3,(H,45,55)(H,46,56). The van der Waals surface area contributed by atoms with E-state index in [4.69, 9.17) is 5.10 Å². The number of hydrogen-bond donors (Lipinski definition) is 2. The van der Waals surface area contributed by atoms with Gasteiger partial charge in [0, 0.05) is 23.8 Å². The van der Waals surface area contributed by atoms with E-state index in [1.807, 2.05) is 66.7 Å². The van der Waals surface area contributed by atoms with Crippen molar-refractivity contribution in [3.05, 3.63) is 204 Å². The van der Waals surface area contributed by atoms with Gasteiger partial charge < -0.3 is 10.6 Å². The molecule has 56 heavy (non-hydrogen) atoms. The predicted octanol–water partition coefficient (Wildman–Crippen LogP) is 7.52. The van der Waals surface area contributed by atoms with Gasteiger partial charge in [0.25, 0.3) is 11.8 Å². The highest BCUT2D eigenvalue weighted by molar-refractivity contribution is 6.24. The van der Waals surface area contributed by atoms with Gasteiger partial charge in [0.05, 0.1) is 39.4 Å². The molecule has 0 unspecified atom stereocenters. The van der Waals surface area contributed by atoms with Gasteiger partial charge in [-0.3, -0.25) is 19.2 Å². The Morgan fingerprint density at radius 3 is 1.25 bits per heavy atom. The van der Waals surface area contributed by atoms with Gasteiger partial charge in [-0.1, -0.05) is 91.0 Å². The molecule has 2 N–H and O–H groups in total. The molecule has 0 saturated heterocycles. The van der Waals surface area contributed by atoms with Gasteiger partial charge in [-0.25, -0.2) is 14.0 Å². The van der Waals surface area contributed by atoms with E-state index in [2.05, 4.69) is 20.8 Å². The Labute approximate surface area is 320 Å². The summed E-state index contributed by atoms with van der Waals surface area (Å²) in [5.41, 5.74) is 2.35. The molecule has 2 amide bonds. The fourth-order valence-electron chi connectivity index (χ4n) is 6.28. The lowest BCUT2D eigenvalue weighted by Crippen LogP contribution is -2.19. The number of aromatic nitrogens is 6. The van der Waals surface area contributed by atoms with Crippen LogP contribution < -0.4 is 10.6 Å². The van der Waals surface area contributed by atoms with Crippen molar-refractivity contribution in [3.63, 3.8) is 0 Å². The second-order valence-corrected chi connectivity index (χ2v) is 12.7. The summed E-state index contributed by atoms with van der Waals surface area (Å²) in [5, 5.41) is 19.5. The van der Waals surface area contributed by atoms with Crippen molar-refractivity contribution >= 4 is 34.8 Å². The number of amides is 2. The van der Waals surface area contributed by atoms with Gasteiger partial charge in [0.1, 0.15) is 5.69 Å². The highest BCUT2D eigenvalue weighted by Crippen LogP contribution is 2.28. The number of nitrogens with one attached hydrogen (secondary N) is 2. The third-order valence-corrected chi connectivity index (χ3v) is 9.01. The Bertz CT molecular complexity index is 2710. The van der Waals surface area contributed by atoms with E-state index in [1.54, 1.807) is 91.9 Å². The Morgan fingerprint density at radius 2 is 0.821 bits per heavy atom. The van der Waals surface area contributed by atoms with Crippen LogP contribution in [-0.4, -0.2) is 52.7 Å². The summed E-state index contributed by atoms with van der Waals surface area (Å²) in [7, 11) is 0. The van der Waals surface area contributed by atoms with Crippen LogP contribution in [0.3, 0.4) is 0 Å². The molecule has 3 heterocycles. The van der Waals surface area contributed by atoms with Crippen LogP contribution in [0.15, 0.2) is 164 Å². The number of benzene rings is 5. The minimum Gasteiger partial charge on any atom is -0.321 e. The molecule has 0 bridgehead atoms. The second kappa shape index (κ2) is 15.2. The van der Waals surface area contributed by atoms with Gasteiger partial charge in [-0.2, -0.15) is 15.3 Å². The third kappa shape index (κ3) is 6.93. The number of nitrogens with zero attached hydrogens (tertiary/aromatic N) is 6. The van der Waals surface area contributed by atoms with E-state index in [0.717, 1.165) is 0 Å². The maximum Gasteiger partial charge on any atom is 0.276 e. The first-order valence-electron chi connectivity index (χ1n) is 17.6. The highest BCUT2D eigenvalue weighted by Gasteiger charge is 2.34. The lowest BCUT2D eigenvalue weighted by atomic mass is 9.97. The van der Waals surface area contributed by atoms with Crippen molar-refractivity contribution in [2.75, 3.05) is 10.6 Å². The third-order valence-electron chi connectivity index (χ3n) is 9.01. The zero-order chi connectivity index (χ0) is 38.6. The Balaban J connectivity index is 1.29. The maximum atomic E-state index is 15.0. The largest absolute Gasteiger partial charge is 0.321 e. The molecule has 12 heteroatoms. The molecule has 12 nitrogen and oxygen atoms in total. The number of hydrogen-bond acceptors (Lipinski definition) is 7. The Kier molecular flexibility index (Phi) is 9.49. The van der Waals surface area contributed by atoms with E-state index in [-0.39, 0.29) is 33.8 Å². The van der Waals surface area contributed by atoms with Crippen LogP contribution in [0.4, 0.5) is 11.4 Å². The van der Waals surface area contributed by atoms with Gasteiger partial charge >= 0.3 is 0 Å². The number of carbonyl (C=O) groups excluding carboxylic acids is 4. The first kappa shape index (κ1) is 35.1. The zero-order valence-corrected chi connectivity index (χ0v) is 29.9. The number of anilines is 2. The van der Waals surface area contributed by atoms with Crippen LogP contribution in [0.25, 0.3) is 17.1 Å². The van der Waals surface area contributed by atoms with Crippen molar-refractivity contribution in [3.8, 4) is 17.1 Å². The molecule has 0 aliphatic carbocycles. The number of para-hydroxylation sites is 5. The van der Waals surface area contributed by atoms with Gasteiger partial charge in [0.2, 0.25) is 11.6 Å². The molecule has 8 aromatic rings. The van der Waals surface area contributed by atoms with E-state index in [0.29, 0.717) is 34.1 Å². The van der Waals surface area contributed by atoms with Gasteiger partial charge in [-0.05, 0) is 67.6 Å². The van der Waals surface area contributed by atoms with Crippen LogP contribution in [0, 0.1) is 6.92 Å². The van der Waals surface area contributed by atoms with Crippen LogP contribution in [0.1, 0.15) is 58.6 Å². The molecular formula is C44H32N8O4. The molecule has 0 atom stereocenters. The molecule has 0 aliphatic rings. The Hall–Kier alpha value is -7.99. The second-order valence-electron chi connectivity index (χ2n) is 12.7. The molecule has 0 fully saturated rings. The summed E-state index contributed by atoms with van der Waals surface area (Å²) in [4.78, 5) is 57.7. The monoisotopic (exact) mass is 736 g/mol. The van der Waals surface area contributed by atoms with Gasteiger partial charge in [-0.15, -0.1) is 0 Å². The lowest BCUT2D eigenvalue weighted by Gasteiger charge is -2.07. The van der Waals surface area contributed by atoms with Crippen molar-refractivity contribution in [2.24, 2.45) is 0 Å². The lowest BCUT2D eigenvalue weighted by molar-refractivity contribution is 0.0981. The summed E-state index contributed by atoms with van der Waals surface area (Å²) in [5.74, 6) is -2.65. The average Bonchev–Trinajstić information content (AvgIpc) is 3.99. The minimum atomic E-state index is -0.725. The van der Waals surface area contributed by atoms with Crippen LogP contribution in [0.2, 0.25) is 0 Å². The van der Waals surface area contributed by atoms with Crippen LogP contribution in [-0.2, 0) is 0 Å². The highest BCUT2D eigenvalue weighted by atomic mass is 16.2.